The molecule has 1 N–H and O–H groups in total. The van der Waals surface area contributed by atoms with E-state index in [0.29, 0.717) is 0 Å². The number of hydrogen-bond donors (Lipinski definition) is 1. The van der Waals surface area contributed by atoms with E-state index in [1.165, 1.54) is 0 Å². The van der Waals surface area contributed by atoms with Gasteiger partial charge >= 0.3 is 0 Å². The summed E-state index contributed by atoms with van der Waals surface area (Å²) in [5, 5.41) is 3.11. The van der Waals surface area contributed by atoms with Crippen molar-refractivity contribution in [2.45, 2.75) is 13.8 Å². The molecule has 0 aliphatic carbocycles. The Bertz CT molecular complexity index is 105. The van der Waals surface area contributed by atoms with Gasteiger partial charge in [0.25, 0.3) is 0 Å². The van der Waals surface area contributed by atoms with Crippen molar-refractivity contribution in [3.8, 4) is 0 Å². The molecule has 0 aliphatic heterocycles. The molecular formula is C7H14N2. The third-order valence-corrected chi connectivity index (χ3v) is 0.797. The van der Waals surface area contributed by atoms with E-state index in [2.05, 4.69) is 23.8 Å². The van der Waals surface area contributed by atoms with Crippen LogP contribution in [0.5, 0.6) is 0 Å². The number of hydrogen-bond acceptors (Lipinski definition) is 2. The van der Waals surface area contributed by atoms with Gasteiger partial charge in [-0.2, -0.15) is 0 Å². The van der Waals surface area contributed by atoms with Crippen molar-refractivity contribution in [1.29, 1.82) is 0 Å². The van der Waals surface area contributed by atoms with E-state index in [4.69, 9.17) is 0 Å². The molecule has 0 unspecified atom stereocenters. The fourth-order valence-electron chi connectivity index (χ4n) is 0.410. The molecule has 0 aromatic heterocycles. The summed E-state index contributed by atoms with van der Waals surface area (Å²) >= 11 is 0. The highest BCUT2D eigenvalue weighted by Crippen LogP contribution is 1.83. The van der Waals surface area contributed by atoms with Crippen LogP contribution < -0.4 is 5.32 Å². The Morgan fingerprint density at radius 2 is 2.44 bits per heavy atom. The summed E-state index contributed by atoms with van der Waals surface area (Å²) in [6, 6.07) is 0. The molecule has 0 spiro atoms. The number of allylic oxidation sites excluding steroid dienone is 1. The summed E-state index contributed by atoms with van der Waals surface area (Å²) in [7, 11) is 0. The Kier molecular flexibility index (Phi) is 5.12. The maximum absolute atomic E-state index is 3.98. The van der Waals surface area contributed by atoms with Gasteiger partial charge in [0.2, 0.25) is 0 Å². The smallest absolute Gasteiger partial charge is 0.0309 e. The molecule has 0 amide bonds. The summed E-state index contributed by atoms with van der Waals surface area (Å²) in [5.74, 6) is 0. The SMILES string of the molecule is C=C(C)N=CCNCC. The van der Waals surface area contributed by atoms with Crippen LogP contribution in [0.2, 0.25) is 0 Å². The van der Waals surface area contributed by atoms with Crippen LogP contribution in [0.25, 0.3) is 0 Å². The number of aliphatic imine (C=N–C) groups is 1. The molecule has 0 heterocycles. The monoisotopic (exact) mass is 126 g/mol. The van der Waals surface area contributed by atoms with Crippen molar-refractivity contribution in [3.05, 3.63) is 12.3 Å². The molecule has 0 aromatic rings. The van der Waals surface area contributed by atoms with Crippen molar-refractivity contribution in [3.63, 3.8) is 0 Å². The van der Waals surface area contributed by atoms with Crippen LogP contribution in [0.4, 0.5) is 0 Å². The first-order valence-electron chi connectivity index (χ1n) is 3.16. The lowest BCUT2D eigenvalue weighted by Crippen LogP contribution is -2.14. The van der Waals surface area contributed by atoms with E-state index in [1.54, 1.807) is 0 Å². The molecule has 2 heteroatoms. The topological polar surface area (TPSA) is 24.4 Å². The number of nitrogens with zero attached hydrogens (tertiary/aromatic N) is 1. The zero-order valence-corrected chi connectivity index (χ0v) is 6.15. The minimum absolute atomic E-state index is 0.837. The lowest BCUT2D eigenvalue weighted by atomic mass is 10.6. The standard InChI is InChI=1S/C7H14N2/c1-4-8-5-6-9-7(2)3/h6,8H,2,4-5H2,1,3H3. The third kappa shape index (κ3) is 7.37. The molecule has 0 saturated heterocycles. The predicted octanol–water partition coefficient (Wildman–Crippen LogP) is 1.20. The van der Waals surface area contributed by atoms with Crippen molar-refractivity contribution in [2.75, 3.05) is 13.1 Å². The first-order valence-corrected chi connectivity index (χ1v) is 3.16. The molecule has 0 rings (SSSR count). The Balaban J connectivity index is 3.15. The molecular weight excluding hydrogens is 112 g/mol. The molecule has 0 atom stereocenters. The lowest BCUT2D eigenvalue weighted by Gasteiger charge is -1.91. The molecule has 9 heavy (non-hydrogen) atoms. The maximum Gasteiger partial charge on any atom is 0.0309 e. The fourth-order valence-corrected chi connectivity index (χ4v) is 0.410. The molecule has 52 valence electrons. The highest BCUT2D eigenvalue weighted by molar-refractivity contribution is 5.60. The van der Waals surface area contributed by atoms with Gasteiger partial charge in [0.1, 0.15) is 0 Å². The van der Waals surface area contributed by atoms with Crippen LogP contribution in [-0.4, -0.2) is 19.3 Å². The molecule has 2 nitrogen and oxygen atoms in total. The first kappa shape index (κ1) is 8.37. The average molecular weight is 126 g/mol. The van der Waals surface area contributed by atoms with E-state index in [9.17, 15) is 0 Å². The molecule has 0 fully saturated rings. The second kappa shape index (κ2) is 5.51. The zero-order chi connectivity index (χ0) is 7.11. The van der Waals surface area contributed by atoms with Gasteiger partial charge in [0.05, 0.1) is 0 Å². The first-order chi connectivity index (χ1) is 4.27. The zero-order valence-electron chi connectivity index (χ0n) is 6.15. The number of nitrogens with one attached hydrogen (secondary N) is 1. The van der Waals surface area contributed by atoms with Gasteiger partial charge in [0.15, 0.2) is 0 Å². The normalized spacial score (nSPS) is 10.4. The Hall–Kier alpha value is -0.630. The van der Waals surface area contributed by atoms with Gasteiger partial charge in [-0.3, -0.25) is 4.99 Å². The van der Waals surface area contributed by atoms with Crippen LogP contribution in [-0.2, 0) is 0 Å². The van der Waals surface area contributed by atoms with E-state index in [-0.39, 0.29) is 0 Å². The summed E-state index contributed by atoms with van der Waals surface area (Å²) < 4.78 is 0. The van der Waals surface area contributed by atoms with Crippen molar-refractivity contribution < 1.29 is 0 Å². The molecule has 0 aliphatic rings. The predicted molar refractivity (Wildman–Crippen MR) is 41.8 cm³/mol. The van der Waals surface area contributed by atoms with Gasteiger partial charge in [-0.1, -0.05) is 13.5 Å². The maximum atomic E-state index is 3.98. The summed E-state index contributed by atoms with van der Waals surface area (Å²) in [6.07, 6.45) is 1.83. The van der Waals surface area contributed by atoms with E-state index in [1.807, 2.05) is 13.1 Å². The van der Waals surface area contributed by atoms with Crippen LogP contribution in [0.3, 0.4) is 0 Å². The molecule has 0 aromatic carbocycles. The summed E-state index contributed by atoms with van der Waals surface area (Å²) in [5.41, 5.74) is 0.855. The molecule has 0 saturated carbocycles. The highest BCUT2D eigenvalue weighted by Gasteiger charge is 1.74. The third-order valence-electron chi connectivity index (χ3n) is 0.797. The second-order valence-corrected chi connectivity index (χ2v) is 1.85. The van der Waals surface area contributed by atoms with Crippen LogP contribution >= 0.6 is 0 Å². The van der Waals surface area contributed by atoms with E-state index in [0.717, 1.165) is 18.8 Å². The summed E-state index contributed by atoms with van der Waals surface area (Å²) in [6.45, 7) is 9.39. The van der Waals surface area contributed by atoms with Gasteiger partial charge in [0, 0.05) is 18.5 Å². The Labute approximate surface area is 56.7 Å². The largest absolute Gasteiger partial charge is 0.312 e. The quantitative estimate of drug-likeness (QED) is 0.444. The van der Waals surface area contributed by atoms with E-state index >= 15 is 0 Å². The second-order valence-electron chi connectivity index (χ2n) is 1.85. The van der Waals surface area contributed by atoms with Crippen molar-refractivity contribution in [1.82, 2.24) is 5.32 Å². The summed E-state index contributed by atoms with van der Waals surface area (Å²) in [4.78, 5) is 3.98. The van der Waals surface area contributed by atoms with Gasteiger partial charge < -0.3 is 5.32 Å². The van der Waals surface area contributed by atoms with E-state index < -0.39 is 0 Å². The number of rotatable bonds is 4. The Morgan fingerprint density at radius 1 is 1.78 bits per heavy atom. The molecule has 0 bridgehead atoms. The highest BCUT2D eigenvalue weighted by atomic mass is 14.9. The van der Waals surface area contributed by atoms with Gasteiger partial charge in [-0.05, 0) is 13.5 Å². The van der Waals surface area contributed by atoms with Crippen molar-refractivity contribution >= 4 is 6.21 Å². The van der Waals surface area contributed by atoms with Crippen molar-refractivity contribution in [2.24, 2.45) is 4.99 Å². The van der Waals surface area contributed by atoms with Crippen LogP contribution in [0, 0.1) is 0 Å². The Morgan fingerprint density at radius 3 is 2.89 bits per heavy atom. The fraction of sp³-hybridized carbons (Fsp3) is 0.571. The van der Waals surface area contributed by atoms with Gasteiger partial charge in [-0.15, -0.1) is 0 Å². The minimum atomic E-state index is 0.837. The minimum Gasteiger partial charge on any atom is -0.312 e. The molecule has 0 radical (unpaired) electrons. The average Bonchev–Trinajstić information content (AvgIpc) is 1.80. The van der Waals surface area contributed by atoms with Crippen LogP contribution in [0.15, 0.2) is 17.3 Å². The van der Waals surface area contributed by atoms with Crippen LogP contribution in [0.1, 0.15) is 13.8 Å². The van der Waals surface area contributed by atoms with Gasteiger partial charge in [-0.25, -0.2) is 0 Å². The lowest BCUT2D eigenvalue weighted by molar-refractivity contribution is 0.823.